The lowest BCUT2D eigenvalue weighted by Gasteiger charge is -2.10. The van der Waals surface area contributed by atoms with E-state index in [1.54, 1.807) is 0 Å². The summed E-state index contributed by atoms with van der Waals surface area (Å²) in [5.74, 6) is -1.57. The maximum atomic E-state index is 13.0. The van der Waals surface area contributed by atoms with E-state index in [-0.39, 0.29) is 23.1 Å². The van der Waals surface area contributed by atoms with E-state index in [1.165, 1.54) is 67.8 Å². The predicted molar refractivity (Wildman–Crippen MR) is 95.5 cm³/mol. The number of ether oxygens (including phenoxy) is 3. The van der Waals surface area contributed by atoms with Crippen LogP contribution in [0.4, 0.5) is 4.39 Å². The minimum absolute atomic E-state index is 0.0252. The molecule has 1 heterocycles. The number of hydrogen-bond donors (Lipinski definition) is 1. The Kier molecular flexibility index (Phi) is 5.50. The molecule has 0 unspecified atom stereocenters. The van der Waals surface area contributed by atoms with Crippen molar-refractivity contribution < 1.29 is 33.3 Å². The number of aromatic carboxylic acids is 1. The smallest absolute Gasteiger partial charge is 0.337 e. The van der Waals surface area contributed by atoms with Gasteiger partial charge in [-0.25, -0.2) is 14.0 Å². The number of nitrogens with zero attached hydrogens (tertiary/aromatic N) is 1. The molecule has 0 radical (unpaired) electrons. The first-order valence-corrected chi connectivity index (χ1v) is 7.99. The molecule has 1 aromatic heterocycles. The van der Waals surface area contributed by atoms with Gasteiger partial charge in [0.15, 0.2) is 0 Å². The maximum Gasteiger partial charge on any atom is 0.337 e. The van der Waals surface area contributed by atoms with Gasteiger partial charge in [0.05, 0.1) is 18.2 Å². The third-order valence-electron chi connectivity index (χ3n) is 3.56. The molecule has 1 N–H and O–H groups in total. The topological polar surface area (TPSA) is 95.0 Å². The first-order chi connectivity index (χ1) is 13.4. The Morgan fingerprint density at radius 1 is 0.857 bits per heavy atom. The first kappa shape index (κ1) is 18.8. The van der Waals surface area contributed by atoms with E-state index in [2.05, 4.69) is 9.72 Å². The van der Waals surface area contributed by atoms with Crippen LogP contribution in [0.15, 0.2) is 60.7 Å². The summed E-state index contributed by atoms with van der Waals surface area (Å²) in [7, 11) is 1.27. The van der Waals surface area contributed by atoms with Crippen LogP contribution >= 0.6 is 0 Å². The molecule has 0 aliphatic heterocycles. The van der Waals surface area contributed by atoms with Gasteiger partial charge in [-0.15, -0.1) is 0 Å². The van der Waals surface area contributed by atoms with Gasteiger partial charge in [0, 0.05) is 12.1 Å². The summed E-state index contributed by atoms with van der Waals surface area (Å²) in [6.07, 6.45) is 0. The van der Waals surface area contributed by atoms with E-state index in [9.17, 15) is 19.1 Å². The van der Waals surface area contributed by atoms with Crippen LogP contribution in [-0.4, -0.2) is 29.1 Å². The number of aromatic nitrogens is 1. The van der Waals surface area contributed by atoms with Gasteiger partial charge in [0.25, 0.3) is 0 Å². The summed E-state index contributed by atoms with van der Waals surface area (Å²) in [6, 6.07) is 13.7. The molecule has 0 saturated carbocycles. The normalized spacial score (nSPS) is 10.2. The number of methoxy groups -OCH3 is 1. The van der Waals surface area contributed by atoms with Crippen molar-refractivity contribution in [2.24, 2.45) is 0 Å². The number of benzene rings is 2. The van der Waals surface area contributed by atoms with Crippen molar-refractivity contribution in [3.63, 3.8) is 0 Å². The highest BCUT2D eigenvalue weighted by molar-refractivity contribution is 5.89. The average Bonchev–Trinajstić information content (AvgIpc) is 2.69. The summed E-state index contributed by atoms with van der Waals surface area (Å²) in [4.78, 5) is 26.9. The maximum absolute atomic E-state index is 13.0. The van der Waals surface area contributed by atoms with E-state index in [1.807, 2.05) is 0 Å². The van der Waals surface area contributed by atoms with Crippen molar-refractivity contribution in [2.75, 3.05) is 7.11 Å². The molecule has 0 atom stereocenters. The van der Waals surface area contributed by atoms with E-state index < -0.39 is 17.8 Å². The zero-order chi connectivity index (χ0) is 20.1. The van der Waals surface area contributed by atoms with E-state index in [0.717, 1.165) is 0 Å². The van der Waals surface area contributed by atoms with Gasteiger partial charge in [0.1, 0.15) is 17.3 Å². The predicted octanol–water partition coefficient (Wildman–Crippen LogP) is 4.29. The highest BCUT2D eigenvalue weighted by atomic mass is 19.1. The lowest BCUT2D eigenvalue weighted by molar-refractivity contribution is 0.0599. The quantitative estimate of drug-likeness (QED) is 0.635. The highest BCUT2D eigenvalue weighted by Crippen LogP contribution is 2.27. The number of esters is 1. The molecule has 0 aliphatic rings. The number of halogens is 1. The van der Waals surface area contributed by atoms with Gasteiger partial charge < -0.3 is 19.3 Å². The van der Waals surface area contributed by atoms with E-state index >= 15 is 0 Å². The minimum Gasteiger partial charge on any atom is -0.478 e. The molecule has 3 rings (SSSR count). The highest BCUT2D eigenvalue weighted by Gasteiger charge is 2.12. The summed E-state index contributed by atoms with van der Waals surface area (Å²) in [6.45, 7) is 0. The van der Waals surface area contributed by atoms with Crippen LogP contribution in [0.2, 0.25) is 0 Å². The van der Waals surface area contributed by atoms with Crippen LogP contribution in [0.25, 0.3) is 0 Å². The third-order valence-corrected chi connectivity index (χ3v) is 3.56. The number of hydrogen-bond acceptors (Lipinski definition) is 6. The van der Waals surface area contributed by atoms with Crippen molar-refractivity contribution >= 4 is 11.9 Å². The molecule has 142 valence electrons. The molecule has 0 spiro atoms. The number of pyridine rings is 1. The van der Waals surface area contributed by atoms with Crippen molar-refractivity contribution in [3.8, 4) is 23.3 Å². The molecule has 28 heavy (non-hydrogen) atoms. The Labute approximate surface area is 158 Å². The summed E-state index contributed by atoms with van der Waals surface area (Å²) in [5.41, 5.74) is 0.232. The van der Waals surface area contributed by atoms with Crippen molar-refractivity contribution in [1.82, 2.24) is 4.98 Å². The van der Waals surface area contributed by atoms with Crippen LogP contribution in [0.3, 0.4) is 0 Å². The first-order valence-electron chi connectivity index (χ1n) is 7.99. The fraction of sp³-hybridized carbons (Fsp3) is 0.0500. The van der Waals surface area contributed by atoms with Crippen LogP contribution in [0.1, 0.15) is 20.7 Å². The van der Waals surface area contributed by atoms with Crippen molar-refractivity contribution in [2.45, 2.75) is 0 Å². The van der Waals surface area contributed by atoms with Gasteiger partial charge in [0.2, 0.25) is 11.8 Å². The van der Waals surface area contributed by atoms with Gasteiger partial charge in [-0.05, 0) is 48.5 Å². The molecule has 0 bridgehead atoms. The molecule has 3 aromatic rings. The Bertz CT molecular complexity index is 1000. The molecule has 0 fully saturated rings. The molecule has 0 aliphatic carbocycles. The standard InChI is InChI=1S/C20H14FNO6/c1-26-20(25)12-2-6-15(7-3-12)27-17-10-13(19(23)24)11-18(22-17)28-16-8-4-14(21)5-9-16/h2-11H,1H3,(H,23,24). The Balaban J connectivity index is 1.85. The van der Waals surface area contributed by atoms with Gasteiger partial charge >= 0.3 is 11.9 Å². The largest absolute Gasteiger partial charge is 0.478 e. The van der Waals surface area contributed by atoms with E-state index in [0.29, 0.717) is 11.3 Å². The monoisotopic (exact) mass is 383 g/mol. The second kappa shape index (κ2) is 8.17. The summed E-state index contributed by atoms with van der Waals surface area (Å²) in [5, 5.41) is 9.29. The molecular formula is C20H14FNO6. The van der Waals surface area contributed by atoms with Crippen LogP contribution in [0.5, 0.6) is 23.3 Å². The third kappa shape index (κ3) is 4.61. The SMILES string of the molecule is COC(=O)c1ccc(Oc2cc(C(=O)O)cc(Oc3ccc(F)cc3)n2)cc1. The lowest BCUT2D eigenvalue weighted by atomic mass is 10.2. The Morgan fingerprint density at radius 3 is 1.82 bits per heavy atom. The Hall–Kier alpha value is -3.94. The van der Waals surface area contributed by atoms with Gasteiger partial charge in [-0.2, -0.15) is 4.98 Å². The second-order valence-electron chi connectivity index (χ2n) is 5.51. The Morgan fingerprint density at radius 2 is 1.36 bits per heavy atom. The number of carbonyl (C=O) groups excluding carboxylic acids is 1. The fourth-order valence-electron chi connectivity index (χ4n) is 2.23. The molecule has 0 saturated heterocycles. The fourth-order valence-corrected chi connectivity index (χ4v) is 2.23. The molecule has 0 amide bonds. The van der Waals surface area contributed by atoms with Gasteiger partial charge in [-0.3, -0.25) is 0 Å². The average molecular weight is 383 g/mol. The summed E-state index contributed by atoms with van der Waals surface area (Å²) >= 11 is 0. The summed E-state index contributed by atoms with van der Waals surface area (Å²) < 4.78 is 28.7. The number of rotatable bonds is 6. The van der Waals surface area contributed by atoms with Crippen LogP contribution < -0.4 is 9.47 Å². The molecular weight excluding hydrogens is 369 g/mol. The number of carboxylic acids is 1. The second-order valence-corrected chi connectivity index (χ2v) is 5.51. The van der Waals surface area contributed by atoms with Crippen molar-refractivity contribution in [1.29, 1.82) is 0 Å². The molecule has 7 nitrogen and oxygen atoms in total. The van der Waals surface area contributed by atoms with Gasteiger partial charge in [-0.1, -0.05) is 0 Å². The van der Waals surface area contributed by atoms with E-state index in [4.69, 9.17) is 9.47 Å². The number of carboxylic acid groups (broad SMARTS) is 1. The zero-order valence-corrected chi connectivity index (χ0v) is 14.6. The molecule has 2 aromatic carbocycles. The lowest BCUT2D eigenvalue weighted by Crippen LogP contribution is -2.01. The van der Waals surface area contributed by atoms with Crippen LogP contribution in [0, 0.1) is 5.82 Å². The van der Waals surface area contributed by atoms with Crippen LogP contribution in [-0.2, 0) is 4.74 Å². The van der Waals surface area contributed by atoms with Crippen molar-refractivity contribution in [3.05, 3.63) is 77.6 Å². The number of carbonyl (C=O) groups is 2. The molecule has 8 heteroatoms. The minimum atomic E-state index is -1.20. The zero-order valence-electron chi connectivity index (χ0n) is 14.6.